The molecule has 1 aromatic rings. The van der Waals surface area contributed by atoms with Gasteiger partial charge in [-0.05, 0) is 44.9 Å². The molecule has 0 heterocycles. The van der Waals surface area contributed by atoms with E-state index in [4.69, 9.17) is 0 Å². The number of rotatable bonds is 6. The molecule has 2 N–H and O–H groups in total. The van der Waals surface area contributed by atoms with E-state index >= 15 is 0 Å². The molecule has 0 radical (unpaired) electrons. The van der Waals surface area contributed by atoms with Crippen molar-refractivity contribution >= 4 is 21.4 Å². The molecular weight excluding hydrogens is 294 g/mol. The highest BCUT2D eigenvalue weighted by Gasteiger charge is 2.26. The van der Waals surface area contributed by atoms with Crippen LogP contribution in [-0.2, 0) is 10.0 Å². The van der Waals surface area contributed by atoms with Gasteiger partial charge < -0.3 is 5.32 Å². The molecule has 1 fully saturated rings. The minimum Gasteiger partial charge on any atom is -0.377 e. The molecule has 1 aromatic carbocycles. The standard InChI is InChI=1S/C13H19N3O4S/c1-9(10-4-3-5-10)15-12-7-6-11(21(19,20)14-2)8-13(12)16(17)18/h6-10,14-15H,3-5H2,1-2H3. The maximum absolute atomic E-state index is 11.7. The van der Waals surface area contributed by atoms with Crippen LogP contribution < -0.4 is 10.0 Å². The van der Waals surface area contributed by atoms with Crippen LogP contribution in [-0.4, -0.2) is 26.4 Å². The molecular formula is C13H19N3O4S. The van der Waals surface area contributed by atoms with Crippen molar-refractivity contribution in [3.05, 3.63) is 28.3 Å². The molecule has 7 nitrogen and oxygen atoms in total. The van der Waals surface area contributed by atoms with Crippen LogP contribution in [0.15, 0.2) is 23.1 Å². The zero-order valence-corrected chi connectivity index (χ0v) is 12.8. The number of benzene rings is 1. The fourth-order valence-electron chi connectivity index (χ4n) is 2.37. The minimum atomic E-state index is -3.69. The zero-order chi connectivity index (χ0) is 15.6. The lowest BCUT2D eigenvalue weighted by atomic mass is 9.80. The number of nitro benzene ring substituents is 1. The minimum absolute atomic E-state index is 0.112. The summed E-state index contributed by atoms with van der Waals surface area (Å²) in [6.45, 7) is 1.99. The Morgan fingerprint density at radius 2 is 2.05 bits per heavy atom. The van der Waals surface area contributed by atoms with Gasteiger partial charge in [-0.3, -0.25) is 10.1 Å². The van der Waals surface area contributed by atoms with E-state index in [0.29, 0.717) is 11.6 Å². The van der Waals surface area contributed by atoms with Crippen LogP contribution in [0.4, 0.5) is 11.4 Å². The van der Waals surface area contributed by atoms with Crippen LogP contribution in [0.2, 0.25) is 0 Å². The van der Waals surface area contributed by atoms with Gasteiger partial charge in [-0.15, -0.1) is 0 Å². The van der Waals surface area contributed by atoms with Gasteiger partial charge in [-0.1, -0.05) is 6.42 Å². The summed E-state index contributed by atoms with van der Waals surface area (Å²) in [5, 5.41) is 14.3. The van der Waals surface area contributed by atoms with Gasteiger partial charge in [0.1, 0.15) is 5.69 Å². The van der Waals surface area contributed by atoms with Crippen molar-refractivity contribution in [1.29, 1.82) is 0 Å². The molecule has 0 amide bonds. The smallest absolute Gasteiger partial charge is 0.293 e. The number of nitro groups is 1. The summed E-state index contributed by atoms with van der Waals surface area (Å²) in [6, 6.07) is 4.04. The second kappa shape index (κ2) is 5.98. The Morgan fingerprint density at radius 3 is 2.52 bits per heavy atom. The number of nitrogens with zero attached hydrogens (tertiary/aromatic N) is 1. The Morgan fingerprint density at radius 1 is 1.38 bits per heavy atom. The molecule has 0 saturated heterocycles. The highest BCUT2D eigenvalue weighted by molar-refractivity contribution is 7.89. The molecule has 0 aliphatic heterocycles. The van der Waals surface area contributed by atoms with E-state index in [9.17, 15) is 18.5 Å². The first-order valence-electron chi connectivity index (χ1n) is 6.83. The Balaban J connectivity index is 2.31. The largest absolute Gasteiger partial charge is 0.377 e. The van der Waals surface area contributed by atoms with Crippen LogP contribution in [0, 0.1) is 16.0 Å². The van der Waals surface area contributed by atoms with E-state index < -0.39 is 14.9 Å². The van der Waals surface area contributed by atoms with Gasteiger partial charge in [0, 0.05) is 12.1 Å². The average molecular weight is 313 g/mol. The molecule has 0 spiro atoms. The second-order valence-electron chi connectivity index (χ2n) is 5.27. The predicted molar refractivity (Wildman–Crippen MR) is 79.8 cm³/mol. The lowest BCUT2D eigenvalue weighted by Gasteiger charge is -2.32. The molecule has 1 unspecified atom stereocenters. The first kappa shape index (κ1) is 15.7. The summed E-state index contributed by atoms with van der Waals surface area (Å²) in [6.07, 6.45) is 3.43. The summed E-state index contributed by atoms with van der Waals surface area (Å²) >= 11 is 0. The van der Waals surface area contributed by atoms with E-state index in [2.05, 4.69) is 10.0 Å². The zero-order valence-electron chi connectivity index (χ0n) is 12.0. The lowest BCUT2D eigenvalue weighted by molar-refractivity contribution is -0.384. The van der Waals surface area contributed by atoms with Crippen molar-refractivity contribution in [1.82, 2.24) is 4.72 Å². The number of hydrogen-bond donors (Lipinski definition) is 2. The molecule has 21 heavy (non-hydrogen) atoms. The quantitative estimate of drug-likeness (QED) is 0.618. The Hall–Kier alpha value is -1.67. The molecule has 1 atom stereocenters. The maximum atomic E-state index is 11.7. The van der Waals surface area contributed by atoms with Gasteiger partial charge in [-0.2, -0.15) is 0 Å². The van der Waals surface area contributed by atoms with Crippen molar-refractivity contribution in [3.63, 3.8) is 0 Å². The molecule has 2 rings (SSSR count). The topological polar surface area (TPSA) is 101 Å². The predicted octanol–water partition coefficient (Wildman–Crippen LogP) is 2.10. The third-order valence-electron chi connectivity index (χ3n) is 3.99. The van der Waals surface area contributed by atoms with Gasteiger partial charge in [0.25, 0.3) is 5.69 Å². The van der Waals surface area contributed by atoms with E-state index in [1.807, 2.05) is 6.92 Å². The molecule has 1 aliphatic rings. The molecule has 0 aromatic heterocycles. The SMILES string of the molecule is CNS(=O)(=O)c1ccc(NC(C)C2CCC2)c([N+](=O)[O-])c1. The molecule has 116 valence electrons. The molecule has 0 bridgehead atoms. The van der Waals surface area contributed by atoms with Crippen LogP contribution in [0.1, 0.15) is 26.2 Å². The second-order valence-corrected chi connectivity index (χ2v) is 7.15. The molecule has 1 aliphatic carbocycles. The van der Waals surface area contributed by atoms with Crippen molar-refractivity contribution < 1.29 is 13.3 Å². The maximum Gasteiger partial charge on any atom is 0.293 e. The lowest BCUT2D eigenvalue weighted by Crippen LogP contribution is -2.31. The number of anilines is 1. The summed E-state index contributed by atoms with van der Waals surface area (Å²) in [7, 11) is -2.42. The first-order chi connectivity index (χ1) is 9.85. The van der Waals surface area contributed by atoms with Crippen molar-refractivity contribution in [2.75, 3.05) is 12.4 Å². The summed E-state index contributed by atoms with van der Waals surface area (Å²) in [5.74, 6) is 0.519. The fraction of sp³-hybridized carbons (Fsp3) is 0.538. The Labute approximate surface area is 123 Å². The van der Waals surface area contributed by atoms with Gasteiger partial charge in [-0.25, -0.2) is 13.1 Å². The van der Waals surface area contributed by atoms with Crippen molar-refractivity contribution in [2.45, 2.75) is 37.1 Å². The first-order valence-corrected chi connectivity index (χ1v) is 8.32. The van der Waals surface area contributed by atoms with Crippen molar-refractivity contribution in [2.24, 2.45) is 5.92 Å². The van der Waals surface area contributed by atoms with Crippen LogP contribution >= 0.6 is 0 Å². The number of hydrogen-bond acceptors (Lipinski definition) is 5. The van der Waals surface area contributed by atoms with Gasteiger partial charge in [0.05, 0.1) is 9.82 Å². The third kappa shape index (κ3) is 3.33. The third-order valence-corrected chi connectivity index (χ3v) is 5.40. The Bertz CT molecular complexity index is 641. The van der Waals surface area contributed by atoms with Crippen LogP contribution in [0.5, 0.6) is 0 Å². The normalized spacial score (nSPS) is 17.0. The van der Waals surface area contributed by atoms with Gasteiger partial charge in [0.2, 0.25) is 10.0 Å². The monoisotopic (exact) mass is 313 g/mol. The van der Waals surface area contributed by atoms with Crippen LogP contribution in [0.25, 0.3) is 0 Å². The molecule has 1 saturated carbocycles. The summed E-state index contributed by atoms with van der Waals surface area (Å²) in [5.41, 5.74) is 0.131. The van der Waals surface area contributed by atoms with E-state index in [0.717, 1.165) is 18.9 Å². The summed E-state index contributed by atoms with van der Waals surface area (Å²) in [4.78, 5) is 10.5. The van der Waals surface area contributed by atoms with Crippen LogP contribution in [0.3, 0.4) is 0 Å². The van der Waals surface area contributed by atoms with Crippen molar-refractivity contribution in [3.8, 4) is 0 Å². The average Bonchev–Trinajstić information content (AvgIpc) is 2.36. The van der Waals surface area contributed by atoms with E-state index in [1.54, 1.807) is 0 Å². The van der Waals surface area contributed by atoms with E-state index in [1.165, 1.54) is 25.6 Å². The molecule has 8 heteroatoms. The van der Waals surface area contributed by atoms with Gasteiger partial charge >= 0.3 is 0 Å². The van der Waals surface area contributed by atoms with Gasteiger partial charge in [0.15, 0.2) is 0 Å². The highest BCUT2D eigenvalue weighted by Crippen LogP contribution is 2.34. The Kier molecular flexibility index (Phi) is 4.48. The number of sulfonamides is 1. The number of nitrogens with one attached hydrogen (secondary N) is 2. The summed E-state index contributed by atoms with van der Waals surface area (Å²) < 4.78 is 25.6. The fourth-order valence-corrected chi connectivity index (χ4v) is 3.12. The van der Waals surface area contributed by atoms with E-state index in [-0.39, 0.29) is 16.6 Å². The highest BCUT2D eigenvalue weighted by atomic mass is 32.2.